The zero-order chi connectivity index (χ0) is 23.2. The Balaban J connectivity index is 1.48. The second kappa shape index (κ2) is 11.3. The second-order valence-electron chi connectivity index (χ2n) is 10.3. The number of benzene rings is 2. The fraction of sp³-hybridized carbons (Fsp3) is 0.567. The predicted molar refractivity (Wildman–Crippen MR) is 137 cm³/mol. The van der Waals surface area contributed by atoms with Crippen molar-refractivity contribution < 1.29 is 8.81 Å². The van der Waals surface area contributed by atoms with Gasteiger partial charge in [0.05, 0.1) is 5.39 Å². The summed E-state index contributed by atoms with van der Waals surface area (Å²) in [5.74, 6) is 0.935. The van der Waals surface area contributed by atoms with Crippen molar-refractivity contribution in [3.05, 3.63) is 57.7 Å². The maximum atomic E-state index is 15.3. The number of fused-ring (bicyclic) bond motifs is 3. The van der Waals surface area contributed by atoms with E-state index in [1.54, 1.807) is 0 Å². The first-order valence-corrected chi connectivity index (χ1v) is 13.3. The van der Waals surface area contributed by atoms with Crippen molar-refractivity contribution in [2.24, 2.45) is 5.92 Å². The number of aryl methyl sites for hydroxylation is 1. The Morgan fingerprint density at radius 3 is 2.24 bits per heavy atom. The van der Waals surface area contributed by atoms with E-state index in [1.807, 2.05) is 24.3 Å². The number of unbranched alkanes of at least 4 members (excludes halogenated alkanes) is 7. The first-order valence-electron chi connectivity index (χ1n) is 13.3. The normalized spacial score (nSPS) is 18.9. The van der Waals surface area contributed by atoms with Gasteiger partial charge in [-0.3, -0.25) is 0 Å². The van der Waals surface area contributed by atoms with E-state index in [1.165, 1.54) is 69.8 Å². The maximum Gasteiger partial charge on any atom is 0.344 e. The van der Waals surface area contributed by atoms with Crippen LogP contribution in [0.5, 0.6) is 0 Å². The lowest BCUT2D eigenvalue weighted by atomic mass is 9.79. The van der Waals surface area contributed by atoms with Crippen molar-refractivity contribution in [3.63, 3.8) is 0 Å². The minimum Gasteiger partial charge on any atom is -0.419 e. The highest BCUT2D eigenvalue weighted by Crippen LogP contribution is 2.37. The Labute approximate surface area is 197 Å². The molecule has 1 heterocycles. The molecular weight excluding hydrogens is 411 g/mol. The summed E-state index contributed by atoms with van der Waals surface area (Å²) in [6.45, 7) is 4.55. The average Bonchev–Trinajstić information content (AvgIpc) is 2.83. The molecule has 0 N–H and O–H groups in total. The van der Waals surface area contributed by atoms with Crippen LogP contribution in [0.2, 0.25) is 0 Å². The van der Waals surface area contributed by atoms with E-state index in [-0.39, 0.29) is 11.4 Å². The van der Waals surface area contributed by atoms with E-state index in [2.05, 4.69) is 19.9 Å². The quantitative estimate of drug-likeness (QED) is 0.175. The summed E-state index contributed by atoms with van der Waals surface area (Å²) in [6.07, 6.45) is 15.3. The number of halogens is 1. The van der Waals surface area contributed by atoms with E-state index in [4.69, 9.17) is 4.42 Å². The van der Waals surface area contributed by atoms with Gasteiger partial charge in [0.25, 0.3) is 0 Å². The molecule has 4 rings (SSSR count). The van der Waals surface area contributed by atoms with Crippen LogP contribution in [-0.2, 0) is 6.42 Å². The molecule has 0 amide bonds. The van der Waals surface area contributed by atoms with Gasteiger partial charge in [0.2, 0.25) is 0 Å². The van der Waals surface area contributed by atoms with Gasteiger partial charge in [-0.15, -0.1) is 0 Å². The zero-order valence-electron chi connectivity index (χ0n) is 20.4. The van der Waals surface area contributed by atoms with E-state index in [0.717, 1.165) is 24.1 Å². The van der Waals surface area contributed by atoms with E-state index < -0.39 is 5.63 Å². The van der Waals surface area contributed by atoms with Gasteiger partial charge in [-0.25, -0.2) is 9.18 Å². The molecule has 178 valence electrons. The number of rotatable bonds is 10. The molecule has 3 heteroatoms. The van der Waals surface area contributed by atoms with Crippen LogP contribution in [0.1, 0.15) is 108 Å². The van der Waals surface area contributed by atoms with Crippen LogP contribution >= 0.6 is 0 Å². The van der Waals surface area contributed by atoms with Crippen molar-refractivity contribution in [1.29, 1.82) is 0 Å². The van der Waals surface area contributed by atoms with Gasteiger partial charge in [-0.2, -0.15) is 0 Å². The van der Waals surface area contributed by atoms with Gasteiger partial charge in [-0.05, 0) is 54.7 Å². The predicted octanol–water partition coefficient (Wildman–Crippen LogP) is 9.06. The molecule has 0 atom stereocenters. The number of hydrogen-bond donors (Lipinski definition) is 0. The van der Waals surface area contributed by atoms with Crippen LogP contribution in [-0.4, -0.2) is 0 Å². The standard InChI is InChI=1S/C30H39FO2/c1-3-4-5-6-7-8-9-10-11-23-16-19-26-25-18-17-24(22-14-12-21(2)13-15-22)20-27(25)30(32)33-29(26)28(23)31/h16-22H,3-15H2,1-2H3. The third-order valence-corrected chi connectivity index (χ3v) is 7.71. The molecule has 1 fully saturated rings. The molecule has 1 aliphatic rings. The second-order valence-corrected chi connectivity index (χ2v) is 10.3. The molecule has 2 aromatic carbocycles. The van der Waals surface area contributed by atoms with Crippen molar-refractivity contribution in [1.82, 2.24) is 0 Å². The first-order chi connectivity index (χ1) is 16.1. The van der Waals surface area contributed by atoms with Crippen LogP contribution in [0, 0.1) is 11.7 Å². The third-order valence-electron chi connectivity index (χ3n) is 7.71. The summed E-state index contributed by atoms with van der Waals surface area (Å²) in [4.78, 5) is 12.8. The molecule has 0 aliphatic heterocycles. The molecule has 33 heavy (non-hydrogen) atoms. The molecule has 1 aromatic heterocycles. The fourth-order valence-corrected chi connectivity index (χ4v) is 5.51. The zero-order valence-corrected chi connectivity index (χ0v) is 20.4. The van der Waals surface area contributed by atoms with E-state index in [0.29, 0.717) is 28.7 Å². The molecule has 0 spiro atoms. The van der Waals surface area contributed by atoms with Gasteiger partial charge in [0.1, 0.15) is 0 Å². The molecule has 0 bridgehead atoms. The molecule has 1 saturated carbocycles. The third kappa shape index (κ3) is 5.67. The van der Waals surface area contributed by atoms with Gasteiger partial charge >= 0.3 is 5.63 Å². The maximum absolute atomic E-state index is 15.3. The Bertz CT molecular complexity index is 1120. The molecule has 0 saturated heterocycles. The minimum absolute atomic E-state index is 0.115. The highest BCUT2D eigenvalue weighted by molar-refractivity contribution is 6.04. The largest absolute Gasteiger partial charge is 0.419 e. The SMILES string of the molecule is CCCCCCCCCCc1ccc2c(oc(=O)c3cc(C4CCC(C)CC4)ccc32)c1F. The molecule has 0 radical (unpaired) electrons. The van der Waals surface area contributed by atoms with Crippen LogP contribution < -0.4 is 5.63 Å². The Kier molecular flexibility index (Phi) is 8.22. The van der Waals surface area contributed by atoms with E-state index >= 15 is 4.39 Å². The highest BCUT2D eigenvalue weighted by Gasteiger charge is 2.21. The summed E-state index contributed by atoms with van der Waals surface area (Å²) in [5, 5.41) is 2.08. The van der Waals surface area contributed by atoms with Gasteiger partial charge < -0.3 is 4.42 Å². The lowest BCUT2D eigenvalue weighted by Crippen LogP contribution is -2.11. The van der Waals surface area contributed by atoms with Crippen LogP contribution in [0.15, 0.2) is 39.5 Å². The number of hydrogen-bond acceptors (Lipinski definition) is 2. The molecule has 3 aromatic rings. The summed E-state index contributed by atoms with van der Waals surface area (Å²) in [6, 6.07) is 9.95. The summed E-state index contributed by atoms with van der Waals surface area (Å²) >= 11 is 0. The Morgan fingerprint density at radius 1 is 0.848 bits per heavy atom. The van der Waals surface area contributed by atoms with Crippen molar-refractivity contribution in [2.75, 3.05) is 0 Å². The van der Waals surface area contributed by atoms with Crippen molar-refractivity contribution >= 4 is 21.7 Å². The summed E-state index contributed by atoms with van der Waals surface area (Å²) in [5.41, 5.74) is 1.56. The van der Waals surface area contributed by atoms with Crippen LogP contribution in [0.25, 0.3) is 21.7 Å². The van der Waals surface area contributed by atoms with Gasteiger partial charge in [-0.1, -0.05) is 95.9 Å². The lowest BCUT2D eigenvalue weighted by Gasteiger charge is -2.26. The lowest BCUT2D eigenvalue weighted by molar-refractivity contribution is 0.348. The topological polar surface area (TPSA) is 30.2 Å². The van der Waals surface area contributed by atoms with Gasteiger partial charge in [0, 0.05) is 10.8 Å². The van der Waals surface area contributed by atoms with Crippen molar-refractivity contribution in [3.8, 4) is 0 Å². The fourth-order valence-electron chi connectivity index (χ4n) is 5.51. The van der Waals surface area contributed by atoms with E-state index in [9.17, 15) is 4.79 Å². The van der Waals surface area contributed by atoms with Crippen molar-refractivity contribution in [2.45, 2.75) is 103 Å². The molecule has 0 unspecified atom stereocenters. The van der Waals surface area contributed by atoms with Crippen LogP contribution in [0.4, 0.5) is 4.39 Å². The summed E-state index contributed by atoms with van der Waals surface area (Å²) < 4.78 is 20.8. The monoisotopic (exact) mass is 450 g/mol. The van der Waals surface area contributed by atoms with Gasteiger partial charge in [0.15, 0.2) is 11.4 Å². The molecule has 1 aliphatic carbocycles. The van der Waals surface area contributed by atoms with Crippen LogP contribution in [0.3, 0.4) is 0 Å². The smallest absolute Gasteiger partial charge is 0.344 e. The Morgan fingerprint density at radius 2 is 1.52 bits per heavy atom. The minimum atomic E-state index is -0.424. The average molecular weight is 451 g/mol. The Hall–Kier alpha value is -2.16. The molecule has 2 nitrogen and oxygen atoms in total. The molecular formula is C30H39FO2. The highest BCUT2D eigenvalue weighted by atomic mass is 19.1. The summed E-state index contributed by atoms with van der Waals surface area (Å²) in [7, 11) is 0. The first kappa shape index (κ1) is 24.0.